The van der Waals surface area contributed by atoms with Crippen molar-refractivity contribution in [3.8, 4) is 0 Å². The molecule has 2 heterocycles. The minimum absolute atomic E-state index is 0.495. The maximum atomic E-state index is 10.2. The molecule has 0 atom stereocenters. The normalized spacial score (nSPS) is 20.0. The molecule has 0 bridgehead atoms. The van der Waals surface area contributed by atoms with Gasteiger partial charge in [0.1, 0.15) is 0 Å². The summed E-state index contributed by atoms with van der Waals surface area (Å²) in [6.07, 6.45) is 1.71. The van der Waals surface area contributed by atoms with Crippen molar-refractivity contribution in [2.24, 2.45) is 0 Å². The first-order valence-electron chi connectivity index (χ1n) is 10.5. The molecular weight excluding hydrogens is 403 g/mol. The smallest absolute Gasteiger partial charge is 0.0745 e. The predicted octanol–water partition coefficient (Wildman–Crippen LogP) is 5.56. The highest BCUT2D eigenvalue weighted by atomic mass is 35.5. The Hall–Kier alpha value is -1.26. The fraction of sp³-hybridized carbons (Fsp3) is 0.500. The van der Waals surface area contributed by atoms with Crippen LogP contribution < -0.4 is 4.90 Å². The summed E-state index contributed by atoms with van der Waals surface area (Å²) < 4.78 is 0. The minimum Gasteiger partial charge on any atom is -0.390 e. The van der Waals surface area contributed by atoms with Crippen molar-refractivity contribution in [2.45, 2.75) is 51.7 Å². The molecule has 2 saturated heterocycles. The van der Waals surface area contributed by atoms with Crippen molar-refractivity contribution in [2.75, 3.05) is 31.1 Å². The van der Waals surface area contributed by atoms with E-state index in [0.29, 0.717) is 5.92 Å². The maximum Gasteiger partial charge on any atom is 0.0745 e. The first-order valence-corrected chi connectivity index (χ1v) is 11.2. The number of aliphatic hydroxyl groups is 1. The topological polar surface area (TPSA) is 26.7 Å². The summed E-state index contributed by atoms with van der Waals surface area (Å²) in [5.74, 6) is 0.513. The average Bonchev–Trinajstić information content (AvgIpc) is 2.60. The van der Waals surface area contributed by atoms with Gasteiger partial charge in [-0.15, -0.1) is 0 Å². The van der Waals surface area contributed by atoms with Gasteiger partial charge in [0.2, 0.25) is 0 Å². The Morgan fingerprint density at radius 1 is 1.03 bits per heavy atom. The third-order valence-electron chi connectivity index (χ3n) is 6.64. The molecule has 0 unspecified atom stereocenters. The number of aryl methyl sites for hydroxylation is 2. The quantitative estimate of drug-likeness (QED) is 0.684. The highest BCUT2D eigenvalue weighted by Gasteiger charge is 2.32. The van der Waals surface area contributed by atoms with E-state index in [4.69, 9.17) is 23.2 Å². The Morgan fingerprint density at radius 2 is 1.59 bits per heavy atom. The summed E-state index contributed by atoms with van der Waals surface area (Å²) in [5, 5.41) is 11.6. The van der Waals surface area contributed by atoms with Crippen molar-refractivity contribution in [3.63, 3.8) is 0 Å². The van der Waals surface area contributed by atoms with Crippen LogP contribution in [0, 0.1) is 13.8 Å². The Balaban J connectivity index is 1.43. The molecule has 2 aromatic carbocycles. The summed E-state index contributed by atoms with van der Waals surface area (Å²) in [6.45, 7) is 11.2. The molecule has 2 aliphatic heterocycles. The van der Waals surface area contributed by atoms with Gasteiger partial charge in [-0.3, -0.25) is 4.90 Å². The van der Waals surface area contributed by atoms with Crippen LogP contribution in [0.25, 0.3) is 0 Å². The minimum atomic E-state index is -0.495. The van der Waals surface area contributed by atoms with Gasteiger partial charge in [0, 0.05) is 38.6 Å². The third-order valence-corrected chi connectivity index (χ3v) is 7.25. The van der Waals surface area contributed by atoms with Crippen molar-refractivity contribution in [3.05, 3.63) is 62.6 Å². The lowest BCUT2D eigenvalue weighted by Gasteiger charge is -2.42. The van der Waals surface area contributed by atoms with Crippen LogP contribution in [0.3, 0.4) is 0 Å². The number of halogens is 2. The molecule has 29 heavy (non-hydrogen) atoms. The van der Waals surface area contributed by atoms with Gasteiger partial charge < -0.3 is 10.0 Å². The molecule has 0 saturated carbocycles. The fourth-order valence-electron chi connectivity index (χ4n) is 4.59. The van der Waals surface area contributed by atoms with E-state index in [1.54, 1.807) is 0 Å². The van der Waals surface area contributed by atoms with Gasteiger partial charge in [-0.05, 0) is 68.0 Å². The molecule has 5 heteroatoms. The first kappa shape index (κ1) is 21.0. The number of likely N-dealkylation sites (tertiary alicyclic amines) is 1. The van der Waals surface area contributed by atoms with Crippen molar-refractivity contribution >= 4 is 28.9 Å². The van der Waals surface area contributed by atoms with Gasteiger partial charge >= 0.3 is 0 Å². The fourth-order valence-corrected chi connectivity index (χ4v) is 5.23. The molecule has 0 aliphatic carbocycles. The largest absolute Gasteiger partial charge is 0.390 e. The number of benzene rings is 2. The number of piperidine rings is 1. The molecule has 4 rings (SSSR count). The van der Waals surface area contributed by atoms with Crippen LogP contribution in [0.2, 0.25) is 10.0 Å². The van der Waals surface area contributed by atoms with Crippen molar-refractivity contribution < 1.29 is 5.11 Å². The molecule has 1 N–H and O–H groups in total. The van der Waals surface area contributed by atoms with E-state index in [0.717, 1.165) is 61.3 Å². The van der Waals surface area contributed by atoms with Gasteiger partial charge in [0.05, 0.1) is 21.3 Å². The van der Waals surface area contributed by atoms with E-state index >= 15 is 0 Å². The second-order valence-corrected chi connectivity index (χ2v) is 9.89. The number of nitrogens with zero attached hydrogens (tertiary/aromatic N) is 2. The number of para-hydroxylation sites is 1. The SMILES string of the molecule is Cc1cc(C2CN(c3c(Cl)cccc3Cl)C2)cc(C)c1CN1CCC(C)(O)CC1. The van der Waals surface area contributed by atoms with Crippen LogP contribution >= 0.6 is 23.2 Å². The van der Waals surface area contributed by atoms with E-state index in [-0.39, 0.29) is 0 Å². The van der Waals surface area contributed by atoms with E-state index in [2.05, 4.69) is 35.8 Å². The van der Waals surface area contributed by atoms with E-state index < -0.39 is 5.60 Å². The Bertz CT molecular complexity index is 852. The number of anilines is 1. The standard InChI is InChI=1S/C24H30Cl2N2O/c1-16-11-18(19-13-28(14-19)23-21(25)5-4-6-22(23)26)12-17(2)20(16)15-27-9-7-24(3,29)8-10-27/h4-6,11-12,19,29H,7-10,13-15H2,1-3H3. The first-order chi connectivity index (χ1) is 13.7. The Labute approximate surface area is 184 Å². The monoisotopic (exact) mass is 432 g/mol. The van der Waals surface area contributed by atoms with Gasteiger partial charge in [-0.1, -0.05) is 41.4 Å². The molecule has 0 radical (unpaired) electrons. The van der Waals surface area contributed by atoms with Crippen molar-refractivity contribution in [1.29, 1.82) is 0 Å². The molecule has 2 fully saturated rings. The van der Waals surface area contributed by atoms with Crippen LogP contribution in [0.5, 0.6) is 0 Å². The zero-order valence-electron chi connectivity index (χ0n) is 17.5. The zero-order valence-corrected chi connectivity index (χ0v) is 19.0. The number of hydrogen-bond donors (Lipinski definition) is 1. The summed E-state index contributed by atoms with van der Waals surface area (Å²) in [5.41, 5.74) is 6.03. The van der Waals surface area contributed by atoms with Crippen LogP contribution in [-0.2, 0) is 6.54 Å². The highest BCUT2D eigenvalue weighted by molar-refractivity contribution is 6.39. The predicted molar refractivity (Wildman–Crippen MR) is 122 cm³/mol. The van der Waals surface area contributed by atoms with Crippen LogP contribution in [0.1, 0.15) is 47.9 Å². The van der Waals surface area contributed by atoms with Crippen molar-refractivity contribution in [1.82, 2.24) is 4.90 Å². The van der Waals surface area contributed by atoms with Gasteiger partial charge in [0.15, 0.2) is 0 Å². The molecule has 0 spiro atoms. The summed E-state index contributed by atoms with van der Waals surface area (Å²) >= 11 is 12.7. The lowest BCUT2D eigenvalue weighted by Crippen LogP contribution is -2.45. The Kier molecular flexibility index (Phi) is 5.87. The average molecular weight is 433 g/mol. The molecule has 2 aromatic rings. The highest BCUT2D eigenvalue weighted by Crippen LogP contribution is 2.40. The second kappa shape index (κ2) is 8.11. The van der Waals surface area contributed by atoms with Crippen LogP contribution in [0.4, 0.5) is 5.69 Å². The molecule has 0 aromatic heterocycles. The van der Waals surface area contributed by atoms with Crippen LogP contribution in [0.15, 0.2) is 30.3 Å². The lowest BCUT2D eigenvalue weighted by molar-refractivity contribution is -0.00736. The van der Waals surface area contributed by atoms with E-state index in [1.165, 1.54) is 22.3 Å². The number of hydrogen-bond acceptors (Lipinski definition) is 3. The summed E-state index contributed by atoms with van der Waals surface area (Å²) in [7, 11) is 0. The van der Waals surface area contributed by atoms with E-state index in [9.17, 15) is 5.11 Å². The third kappa shape index (κ3) is 4.44. The molecule has 3 nitrogen and oxygen atoms in total. The Morgan fingerprint density at radius 3 is 2.14 bits per heavy atom. The second-order valence-electron chi connectivity index (χ2n) is 9.08. The van der Waals surface area contributed by atoms with E-state index in [1.807, 2.05) is 25.1 Å². The van der Waals surface area contributed by atoms with Gasteiger partial charge in [0.25, 0.3) is 0 Å². The number of rotatable bonds is 4. The van der Waals surface area contributed by atoms with Crippen LogP contribution in [-0.4, -0.2) is 41.8 Å². The summed E-state index contributed by atoms with van der Waals surface area (Å²) in [4.78, 5) is 4.74. The van der Waals surface area contributed by atoms with Gasteiger partial charge in [-0.25, -0.2) is 0 Å². The maximum absolute atomic E-state index is 10.2. The molecule has 156 valence electrons. The molecular formula is C24H30Cl2N2O. The molecule has 0 amide bonds. The summed E-state index contributed by atoms with van der Waals surface area (Å²) in [6, 6.07) is 10.4. The molecule has 2 aliphatic rings. The lowest BCUT2D eigenvalue weighted by atomic mass is 9.86. The zero-order chi connectivity index (χ0) is 20.8. The van der Waals surface area contributed by atoms with Gasteiger partial charge in [-0.2, -0.15) is 0 Å².